The van der Waals surface area contributed by atoms with Gasteiger partial charge in [-0.05, 0) is 18.9 Å². The molecule has 0 atom stereocenters. The molecule has 0 bridgehead atoms. The molecule has 0 saturated carbocycles. The summed E-state index contributed by atoms with van der Waals surface area (Å²) < 4.78 is 0. The topological polar surface area (TPSA) is 20.2 Å². The van der Waals surface area contributed by atoms with Crippen molar-refractivity contribution >= 4 is 24.4 Å². The summed E-state index contributed by atoms with van der Waals surface area (Å²) in [5, 5.41) is 1.15. The lowest BCUT2D eigenvalue weighted by molar-refractivity contribution is 0.617. The largest absolute Gasteiger partial charge is 0.246 e. The number of hydrogen-bond donors (Lipinski definition) is 1. The van der Waals surface area contributed by atoms with E-state index in [2.05, 4.69) is 6.07 Å². The molecule has 1 saturated heterocycles. The van der Waals surface area contributed by atoms with Gasteiger partial charge >= 0.3 is 0 Å². The molecule has 1 aromatic rings. The van der Waals surface area contributed by atoms with Gasteiger partial charge in [0.25, 0.3) is 0 Å². The number of rotatable bonds is 2. The molecule has 1 aromatic carbocycles. The average Bonchev–Trinajstić information content (AvgIpc) is 2.66. The predicted molar refractivity (Wildman–Crippen MR) is 63.7 cm³/mol. The number of alkyl halides is 1. The molecule has 1 nitrogen and oxygen atoms in total. The predicted octanol–water partition coefficient (Wildman–Crippen LogP) is 2.77. The van der Waals surface area contributed by atoms with E-state index in [9.17, 15) is 4.89 Å². The van der Waals surface area contributed by atoms with E-state index in [4.69, 9.17) is 11.6 Å². The van der Waals surface area contributed by atoms with Crippen molar-refractivity contribution in [3.05, 3.63) is 29.8 Å². The van der Waals surface area contributed by atoms with Crippen molar-refractivity contribution in [1.29, 1.82) is 0 Å². The highest BCUT2D eigenvalue weighted by Crippen LogP contribution is 2.59. The maximum absolute atomic E-state index is 10.5. The van der Waals surface area contributed by atoms with Crippen LogP contribution in [0.1, 0.15) is 18.4 Å². The Bertz CT molecular complexity index is 321. The Morgan fingerprint density at radius 2 is 1.86 bits per heavy atom. The van der Waals surface area contributed by atoms with Crippen molar-refractivity contribution in [2.24, 2.45) is 0 Å². The Labute approximate surface area is 90.5 Å². The summed E-state index contributed by atoms with van der Waals surface area (Å²) in [6, 6.07) is 8.07. The maximum atomic E-state index is 10.5. The van der Waals surface area contributed by atoms with E-state index in [-0.39, 0.29) is 0 Å². The lowest BCUT2D eigenvalue weighted by Gasteiger charge is -2.15. The highest BCUT2D eigenvalue weighted by Gasteiger charge is 2.43. The van der Waals surface area contributed by atoms with Crippen molar-refractivity contribution in [1.82, 2.24) is 0 Å². The normalized spacial score (nSPS) is 19.9. The summed E-state index contributed by atoms with van der Waals surface area (Å²) in [7, 11) is -1.81. The Hall–Kier alpha value is -0.100. The van der Waals surface area contributed by atoms with E-state index < -0.39 is 7.49 Å². The molecule has 0 spiro atoms. The molecular weight excluding hydrogens is 215 g/mol. The minimum absolute atomic E-state index is 0.512. The Morgan fingerprint density at radius 1 is 1.21 bits per heavy atom. The van der Waals surface area contributed by atoms with E-state index in [0.29, 0.717) is 5.88 Å². The van der Waals surface area contributed by atoms with Crippen molar-refractivity contribution in [3.8, 4) is 0 Å². The van der Waals surface area contributed by atoms with Crippen LogP contribution in [0.15, 0.2) is 24.3 Å². The minimum Gasteiger partial charge on any atom is -0.246 e. The molecule has 0 radical (unpaired) electrons. The van der Waals surface area contributed by atoms with Crippen LogP contribution in [0, 0.1) is 0 Å². The molecule has 76 valence electrons. The second-order valence-corrected chi connectivity index (χ2v) is 7.33. The van der Waals surface area contributed by atoms with Gasteiger partial charge in [0, 0.05) is 5.56 Å². The standard InChI is InChI=1S/C11H15ClOP/c12-9-10-5-1-2-6-11(10)14(13)7-3-4-8-14/h1-2,5-6,13H,3-4,7-9H2/q+1. The van der Waals surface area contributed by atoms with Gasteiger partial charge in [-0.3, -0.25) is 0 Å². The van der Waals surface area contributed by atoms with Gasteiger partial charge in [0.2, 0.25) is 0 Å². The third kappa shape index (κ3) is 1.82. The maximum Gasteiger partial charge on any atom is 0.174 e. The molecule has 0 aromatic heterocycles. The molecule has 14 heavy (non-hydrogen) atoms. The van der Waals surface area contributed by atoms with Crippen LogP contribution in [0.3, 0.4) is 0 Å². The molecule has 2 rings (SSSR count). The molecule has 1 heterocycles. The van der Waals surface area contributed by atoms with Crippen LogP contribution < -0.4 is 5.30 Å². The zero-order valence-corrected chi connectivity index (χ0v) is 9.77. The fourth-order valence-electron chi connectivity index (χ4n) is 2.13. The lowest BCUT2D eigenvalue weighted by atomic mass is 10.2. The first-order chi connectivity index (χ1) is 6.76. The Kier molecular flexibility index (Phi) is 3.11. The highest BCUT2D eigenvalue weighted by molar-refractivity contribution is 7.78. The molecule has 0 amide bonds. The van der Waals surface area contributed by atoms with E-state index in [1.165, 1.54) is 12.8 Å². The molecular formula is C11H15ClOP+. The van der Waals surface area contributed by atoms with Crippen molar-refractivity contribution in [2.75, 3.05) is 12.3 Å². The zero-order chi connectivity index (χ0) is 10.0. The summed E-state index contributed by atoms with van der Waals surface area (Å²) in [4.78, 5) is 10.5. The summed E-state index contributed by atoms with van der Waals surface area (Å²) in [5.74, 6) is 0.512. The summed E-state index contributed by atoms with van der Waals surface area (Å²) in [5.41, 5.74) is 1.12. The third-order valence-corrected chi connectivity index (χ3v) is 6.62. The molecule has 1 aliphatic rings. The lowest BCUT2D eigenvalue weighted by Crippen LogP contribution is -2.16. The van der Waals surface area contributed by atoms with E-state index in [1.54, 1.807) is 0 Å². The van der Waals surface area contributed by atoms with Crippen LogP contribution in [-0.4, -0.2) is 17.2 Å². The molecule has 1 fully saturated rings. The van der Waals surface area contributed by atoms with Gasteiger partial charge < -0.3 is 0 Å². The van der Waals surface area contributed by atoms with E-state index in [0.717, 1.165) is 23.2 Å². The van der Waals surface area contributed by atoms with Gasteiger partial charge in [-0.2, -0.15) is 0 Å². The number of hydrogen-bond acceptors (Lipinski definition) is 1. The van der Waals surface area contributed by atoms with Crippen LogP contribution in [0.2, 0.25) is 0 Å². The third-order valence-electron chi connectivity index (χ3n) is 2.89. The molecule has 0 aliphatic carbocycles. The SMILES string of the molecule is O[P+]1(c2ccccc2CCl)CCCC1. The van der Waals surface area contributed by atoms with Crippen LogP contribution >= 0.6 is 19.1 Å². The summed E-state index contributed by atoms with van der Waals surface area (Å²) in [6.45, 7) is 0. The fraction of sp³-hybridized carbons (Fsp3) is 0.455. The van der Waals surface area contributed by atoms with Crippen LogP contribution in [0.5, 0.6) is 0 Å². The van der Waals surface area contributed by atoms with Crippen molar-refractivity contribution in [2.45, 2.75) is 18.7 Å². The first-order valence-electron chi connectivity index (χ1n) is 5.00. The first kappa shape index (κ1) is 10.4. The summed E-state index contributed by atoms with van der Waals surface area (Å²) in [6.07, 6.45) is 4.31. The molecule has 1 N–H and O–H groups in total. The van der Waals surface area contributed by atoms with Gasteiger partial charge in [-0.1, -0.05) is 18.2 Å². The van der Waals surface area contributed by atoms with Gasteiger partial charge in [0.15, 0.2) is 7.49 Å². The monoisotopic (exact) mass is 229 g/mol. The quantitative estimate of drug-likeness (QED) is 0.611. The van der Waals surface area contributed by atoms with Gasteiger partial charge in [0.05, 0.1) is 18.2 Å². The average molecular weight is 230 g/mol. The van der Waals surface area contributed by atoms with Crippen LogP contribution in [0.25, 0.3) is 0 Å². The smallest absolute Gasteiger partial charge is 0.174 e. The fourth-order valence-corrected chi connectivity index (χ4v) is 5.71. The van der Waals surface area contributed by atoms with Crippen molar-refractivity contribution in [3.63, 3.8) is 0 Å². The number of benzene rings is 1. The van der Waals surface area contributed by atoms with Crippen molar-refractivity contribution < 1.29 is 4.89 Å². The highest BCUT2D eigenvalue weighted by atomic mass is 35.5. The Balaban J connectivity index is 2.39. The molecule has 0 unspecified atom stereocenters. The van der Waals surface area contributed by atoms with E-state index >= 15 is 0 Å². The van der Waals surface area contributed by atoms with Crippen LogP contribution in [-0.2, 0) is 5.88 Å². The van der Waals surface area contributed by atoms with Crippen LogP contribution in [0.4, 0.5) is 0 Å². The number of halogens is 1. The van der Waals surface area contributed by atoms with Gasteiger partial charge in [-0.15, -0.1) is 11.6 Å². The Morgan fingerprint density at radius 3 is 2.50 bits per heavy atom. The zero-order valence-electron chi connectivity index (χ0n) is 8.12. The molecule has 1 aliphatic heterocycles. The molecule has 3 heteroatoms. The van der Waals surface area contributed by atoms with E-state index in [1.807, 2.05) is 18.2 Å². The second-order valence-electron chi connectivity index (χ2n) is 3.84. The second kappa shape index (κ2) is 4.18. The summed E-state index contributed by atoms with van der Waals surface area (Å²) >= 11 is 5.88. The van der Waals surface area contributed by atoms with Gasteiger partial charge in [-0.25, -0.2) is 4.89 Å². The van der Waals surface area contributed by atoms with Gasteiger partial charge in [0.1, 0.15) is 5.30 Å². The first-order valence-corrected chi connectivity index (χ1v) is 7.65. The minimum atomic E-state index is -1.81.